The molecule has 0 aliphatic carbocycles. The number of hydrogen-bond acceptors (Lipinski definition) is 2. The molecule has 0 saturated heterocycles. The van der Waals surface area contributed by atoms with Crippen LogP contribution in [0.1, 0.15) is 10.4 Å². The second-order valence-electron chi connectivity index (χ2n) is 3.73. The van der Waals surface area contributed by atoms with E-state index in [0.29, 0.717) is 0 Å². The number of rotatable bonds is 2. The average Bonchev–Trinajstić information content (AvgIpc) is 2.97. The Morgan fingerprint density at radius 1 is 1.35 bits per heavy atom. The third-order valence-corrected chi connectivity index (χ3v) is 2.63. The highest BCUT2D eigenvalue weighted by Crippen LogP contribution is 2.17. The third-order valence-electron chi connectivity index (χ3n) is 2.63. The first-order chi connectivity index (χ1) is 8.24. The summed E-state index contributed by atoms with van der Waals surface area (Å²) in [6.45, 7) is 0. The minimum atomic E-state index is -0.973. The van der Waals surface area contributed by atoms with Crippen LogP contribution < -0.4 is 0 Å². The van der Waals surface area contributed by atoms with Crippen molar-refractivity contribution in [3.05, 3.63) is 48.4 Å². The number of aromatic nitrogens is 3. The van der Waals surface area contributed by atoms with Crippen LogP contribution in [-0.4, -0.2) is 25.8 Å². The fourth-order valence-corrected chi connectivity index (χ4v) is 1.76. The van der Waals surface area contributed by atoms with Gasteiger partial charge in [-0.05, 0) is 24.3 Å². The zero-order valence-corrected chi connectivity index (χ0v) is 8.79. The van der Waals surface area contributed by atoms with Gasteiger partial charge in [-0.3, -0.25) is 0 Å². The first-order valence-corrected chi connectivity index (χ1v) is 5.09. The molecular formula is C12H9N3O2. The van der Waals surface area contributed by atoms with Crippen molar-refractivity contribution in [3.63, 3.8) is 0 Å². The van der Waals surface area contributed by atoms with Crippen molar-refractivity contribution >= 4 is 16.9 Å². The lowest BCUT2D eigenvalue weighted by Gasteiger charge is -2.00. The Hall–Kier alpha value is -2.56. The highest BCUT2D eigenvalue weighted by Gasteiger charge is 2.07. The van der Waals surface area contributed by atoms with Crippen LogP contribution >= 0.6 is 0 Å². The molecule has 5 heteroatoms. The van der Waals surface area contributed by atoms with Crippen LogP contribution in [0.2, 0.25) is 0 Å². The summed E-state index contributed by atoms with van der Waals surface area (Å²) in [5.41, 5.74) is 2.06. The number of nitrogens with one attached hydrogen (secondary N) is 1. The quantitative estimate of drug-likeness (QED) is 0.703. The van der Waals surface area contributed by atoms with Crippen LogP contribution in [0.25, 0.3) is 16.6 Å². The van der Waals surface area contributed by atoms with Gasteiger partial charge in [0.05, 0.1) is 17.4 Å². The Morgan fingerprint density at radius 3 is 3.00 bits per heavy atom. The molecule has 17 heavy (non-hydrogen) atoms. The molecule has 1 aromatic carbocycles. The number of aromatic carboxylic acids is 1. The Labute approximate surface area is 96.3 Å². The van der Waals surface area contributed by atoms with Gasteiger partial charge in [-0.25, -0.2) is 9.48 Å². The van der Waals surface area contributed by atoms with E-state index >= 15 is 0 Å². The van der Waals surface area contributed by atoms with Gasteiger partial charge in [0.1, 0.15) is 0 Å². The monoisotopic (exact) mass is 227 g/mol. The second-order valence-corrected chi connectivity index (χ2v) is 3.73. The molecule has 0 unspecified atom stereocenters. The highest BCUT2D eigenvalue weighted by atomic mass is 16.4. The maximum atomic E-state index is 10.8. The summed E-state index contributed by atoms with van der Waals surface area (Å²) in [5.74, 6) is -0.973. The molecule has 84 valence electrons. The van der Waals surface area contributed by atoms with Crippen LogP contribution in [0.5, 0.6) is 0 Å². The normalized spacial score (nSPS) is 10.8. The van der Waals surface area contributed by atoms with E-state index in [0.717, 1.165) is 16.6 Å². The molecule has 0 aliphatic heterocycles. The summed E-state index contributed by atoms with van der Waals surface area (Å²) in [6, 6.07) is 7.73. The van der Waals surface area contributed by atoms with Crippen molar-refractivity contribution in [1.29, 1.82) is 0 Å². The number of carboxylic acid groups (broad SMARTS) is 1. The summed E-state index contributed by atoms with van der Waals surface area (Å²) in [6.07, 6.45) is 4.69. The van der Waals surface area contributed by atoms with Crippen molar-refractivity contribution in [2.24, 2.45) is 0 Å². The zero-order valence-electron chi connectivity index (χ0n) is 8.79. The number of H-pyrrole nitrogens is 1. The number of hydrogen-bond donors (Lipinski definition) is 2. The van der Waals surface area contributed by atoms with E-state index in [1.165, 1.54) is 12.4 Å². The molecule has 0 fully saturated rings. The molecule has 0 aliphatic rings. The van der Waals surface area contributed by atoms with Gasteiger partial charge >= 0.3 is 5.97 Å². The van der Waals surface area contributed by atoms with E-state index in [1.807, 2.05) is 30.5 Å². The first-order valence-electron chi connectivity index (χ1n) is 5.09. The largest absolute Gasteiger partial charge is 0.478 e. The van der Waals surface area contributed by atoms with E-state index in [2.05, 4.69) is 10.1 Å². The van der Waals surface area contributed by atoms with Crippen molar-refractivity contribution in [1.82, 2.24) is 14.8 Å². The number of fused-ring (bicyclic) bond motifs is 1. The minimum absolute atomic E-state index is 0.180. The van der Waals surface area contributed by atoms with E-state index in [9.17, 15) is 4.79 Å². The molecule has 2 aromatic heterocycles. The second kappa shape index (κ2) is 3.48. The van der Waals surface area contributed by atoms with Crippen molar-refractivity contribution < 1.29 is 9.90 Å². The molecule has 3 rings (SSSR count). The number of nitrogens with zero attached hydrogens (tertiary/aromatic N) is 2. The fraction of sp³-hybridized carbons (Fsp3) is 0. The topological polar surface area (TPSA) is 70.9 Å². The maximum Gasteiger partial charge on any atom is 0.338 e. The predicted octanol–water partition coefficient (Wildman–Crippen LogP) is 2.05. The predicted molar refractivity (Wildman–Crippen MR) is 62.4 cm³/mol. The molecule has 0 atom stereocenters. The average molecular weight is 227 g/mol. The summed E-state index contributed by atoms with van der Waals surface area (Å²) in [4.78, 5) is 13.9. The Morgan fingerprint density at radius 2 is 2.24 bits per heavy atom. The lowest BCUT2D eigenvalue weighted by molar-refractivity contribution is 0.0697. The van der Waals surface area contributed by atoms with Crippen molar-refractivity contribution in [2.45, 2.75) is 0 Å². The molecule has 0 spiro atoms. The molecule has 2 N–H and O–H groups in total. The number of aromatic amines is 1. The van der Waals surface area contributed by atoms with Crippen LogP contribution in [0, 0.1) is 0 Å². The van der Waals surface area contributed by atoms with Gasteiger partial charge in [-0.2, -0.15) is 5.10 Å². The number of benzene rings is 1. The summed E-state index contributed by atoms with van der Waals surface area (Å²) >= 11 is 0. The maximum absolute atomic E-state index is 10.8. The van der Waals surface area contributed by atoms with E-state index < -0.39 is 5.97 Å². The molecule has 2 heterocycles. The summed E-state index contributed by atoms with van der Waals surface area (Å²) in [7, 11) is 0. The van der Waals surface area contributed by atoms with Gasteiger partial charge in [0.25, 0.3) is 0 Å². The Bertz CT molecular complexity index is 696. The molecule has 3 aromatic rings. The van der Waals surface area contributed by atoms with Gasteiger partial charge in [0.15, 0.2) is 0 Å². The molecule has 0 saturated carbocycles. The highest BCUT2D eigenvalue weighted by molar-refractivity contribution is 5.87. The Balaban J connectivity index is 2.09. The van der Waals surface area contributed by atoms with E-state index in [1.54, 1.807) is 4.68 Å². The van der Waals surface area contributed by atoms with Crippen LogP contribution in [-0.2, 0) is 0 Å². The van der Waals surface area contributed by atoms with Gasteiger partial charge in [0.2, 0.25) is 0 Å². The standard InChI is InChI=1S/C12H9N3O2/c16-12(17)9-6-14-15(7-9)10-1-2-11-8(5-10)3-4-13-11/h1-7,13H,(H,16,17). The number of carbonyl (C=O) groups is 1. The van der Waals surface area contributed by atoms with Gasteiger partial charge < -0.3 is 10.1 Å². The lowest BCUT2D eigenvalue weighted by atomic mass is 10.2. The molecule has 0 amide bonds. The number of carboxylic acids is 1. The minimum Gasteiger partial charge on any atom is -0.478 e. The zero-order chi connectivity index (χ0) is 11.8. The summed E-state index contributed by atoms with van der Waals surface area (Å²) in [5, 5.41) is 13.9. The molecule has 0 bridgehead atoms. The van der Waals surface area contributed by atoms with E-state index in [4.69, 9.17) is 5.11 Å². The summed E-state index contributed by atoms with van der Waals surface area (Å²) < 4.78 is 1.55. The van der Waals surface area contributed by atoms with Gasteiger partial charge in [-0.15, -0.1) is 0 Å². The van der Waals surface area contributed by atoms with Gasteiger partial charge in [0, 0.05) is 23.3 Å². The van der Waals surface area contributed by atoms with Crippen LogP contribution in [0.15, 0.2) is 42.9 Å². The fourth-order valence-electron chi connectivity index (χ4n) is 1.76. The lowest BCUT2D eigenvalue weighted by Crippen LogP contribution is -1.95. The van der Waals surface area contributed by atoms with Gasteiger partial charge in [-0.1, -0.05) is 0 Å². The smallest absolute Gasteiger partial charge is 0.338 e. The Kier molecular flexibility index (Phi) is 1.98. The molecular weight excluding hydrogens is 218 g/mol. The molecule has 0 radical (unpaired) electrons. The molecule has 5 nitrogen and oxygen atoms in total. The van der Waals surface area contributed by atoms with Crippen molar-refractivity contribution in [3.8, 4) is 5.69 Å². The van der Waals surface area contributed by atoms with Crippen molar-refractivity contribution in [2.75, 3.05) is 0 Å². The van der Waals surface area contributed by atoms with E-state index in [-0.39, 0.29) is 5.56 Å². The third kappa shape index (κ3) is 1.57. The van der Waals surface area contributed by atoms with Crippen LogP contribution in [0.4, 0.5) is 0 Å². The SMILES string of the molecule is O=C(O)c1cnn(-c2ccc3[nH]ccc3c2)c1. The van der Waals surface area contributed by atoms with Crippen LogP contribution in [0.3, 0.4) is 0 Å². The first kappa shape index (κ1) is 9.65.